The van der Waals surface area contributed by atoms with Crippen LogP contribution >= 0.6 is 0 Å². The highest BCUT2D eigenvalue weighted by Crippen LogP contribution is 2.68. The number of anilines is 2. The van der Waals surface area contributed by atoms with Crippen molar-refractivity contribution in [1.29, 1.82) is 0 Å². The second-order valence-electron chi connectivity index (χ2n) is 40.5. The Kier molecular flexibility index (Phi) is 40.6. The predicted molar refractivity (Wildman–Crippen MR) is 499 cm³/mol. The number of H-pyrrole nitrogens is 1. The Labute approximate surface area is 836 Å². The highest BCUT2D eigenvalue weighted by molar-refractivity contribution is 5.97. The summed E-state index contributed by atoms with van der Waals surface area (Å²) in [6.45, 7) is 8.81. The molecule has 145 heavy (non-hydrogen) atoms. The van der Waals surface area contributed by atoms with Crippen LogP contribution < -0.4 is 43.2 Å². The quantitative estimate of drug-likeness (QED) is 0.0154. The number of alkyl carbamates (subject to hydrolysis) is 3. The minimum atomic E-state index is -2.32. The minimum Gasteiger partial charge on any atom is -0.480 e. The molecule has 38 unspecified atom stereocenters. The molecular formula is C95H147N11O39. The van der Waals surface area contributed by atoms with Crippen molar-refractivity contribution in [2.45, 2.75) is 360 Å². The molecule has 9 fully saturated rings. The number of carbonyl (C=O) groups is 6. The van der Waals surface area contributed by atoms with Gasteiger partial charge in [0.15, 0.2) is 48.9 Å². The summed E-state index contributed by atoms with van der Waals surface area (Å²) in [4.78, 5) is 106. The second-order valence-corrected chi connectivity index (χ2v) is 40.5. The number of nitrogens with one attached hydrogen (secondary N) is 7. The van der Waals surface area contributed by atoms with E-state index in [1.54, 1.807) is 6.92 Å². The number of aliphatic hydroxyl groups is 16. The molecule has 50 heteroatoms. The first-order valence-electron chi connectivity index (χ1n) is 50.2. The Hall–Kier alpha value is -8.12. The van der Waals surface area contributed by atoms with Crippen LogP contribution in [0.5, 0.6) is 0 Å². The first-order chi connectivity index (χ1) is 69.2. The van der Waals surface area contributed by atoms with Gasteiger partial charge in [0.1, 0.15) is 166 Å². The first kappa shape index (κ1) is 114. The Morgan fingerprint density at radius 2 is 1.06 bits per heavy atom. The molecule has 6 aliphatic heterocycles. The Bertz CT molecular complexity index is 4790. The number of unbranched alkanes of at least 4 members (excludes halogenated alkanes) is 3. The molecule has 50 nitrogen and oxygen atoms in total. The number of hydrogen-bond donors (Lipinski definition) is 25. The molecule has 3 aromatic rings. The first-order valence-corrected chi connectivity index (χ1v) is 50.2. The molecule has 39 atom stereocenters. The van der Waals surface area contributed by atoms with Crippen LogP contribution in [0, 0.1) is 46.3 Å². The summed E-state index contributed by atoms with van der Waals surface area (Å²) < 4.78 is 86.9. The van der Waals surface area contributed by atoms with E-state index in [1.807, 2.05) is 0 Å². The average Bonchev–Trinajstić information content (AvgIpc) is 1.65. The molecule has 816 valence electrons. The molecule has 1 aromatic carbocycles. The van der Waals surface area contributed by atoms with Crippen molar-refractivity contribution in [2.75, 3.05) is 77.4 Å². The number of aliphatic hydroxyl groups excluding tert-OH is 16. The number of carboxylic acids is 1. The van der Waals surface area contributed by atoms with Crippen molar-refractivity contribution in [3.05, 3.63) is 63.7 Å². The molecule has 5 amide bonds. The lowest BCUT2D eigenvalue weighted by Crippen LogP contribution is -2.67. The van der Waals surface area contributed by atoms with E-state index < -0.39 is 278 Å². The van der Waals surface area contributed by atoms with Gasteiger partial charge in [-0.1, -0.05) is 85.3 Å². The number of nitrogen functional groups attached to an aromatic ring is 1. The lowest BCUT2D eigenvalue weighted by Gasteiger charge is -2.58. The Morgan fingerprint density at radius 1 is 0.545 bits per heavy atom. The molecule has 0 radical (unpaired) electrons. The number of allylic oxidation sites excluding steroid dienone is 1. The van der Waals surface area contributed by atoms with Gasteiger partial charge in [-0.25, -0.2) is 29.1 Å². The van der Waals surface area contributed by atoms with E-state index in [0.29, 0.717) is 67.3 Å². The molecule has 0 bridgehead atoms. The SMILES string of the molecule is CCC1OC(OC2C(COC(=O)NCCNC(=O)CC[C@H](NC(=O)c3ccc(NCc4cnc5nc(N)[nH]c(=O)c5n4)cc3)C(=O)O)OC(OC3C(COC(=O)NCCCCCCNC(=O)OC4CCC5(C)C(=CCC6C5CCC5(C)C(C(C)CCCC(C)C)CCC65)C4)OC(OCC4OC(OC5C(CO)OC(OC6C(CO)OC(OC)C(O)C6O)C(O)C5O)C(O)C(O)C4O)C(O)C3O)C(O)C2O)C(O)C(O)C1O. The largest absolute Gasteiger partial charge is 0.480 e. The smallest absolute Gasteiger partial charge is 0.407 e. The number of rotatable bonds is 44. The number of nitrogens with zero attached hydrogens (tertiary/aromatic N) is 3. The molecular weight excluding hydrogens is 1920 g/mol. The zero-order valence-corrected chi connectivity index (χ0v) is 82.2. The maximum Gasteiger partial charge on any atom is 0.407 e. The number of methoxy groups -OCH3 is 1. The van der Waals surface area contributed by atoms with Crippen molar-refractivity contribution in [2.24, 2.45) is 46.3 Å². The lowest BCUT2D eigenvalue weighted by atomic mass is 9.47. The number of aliphatic carboxylic acids is 1. The van der Waals surface area contributed by atoms with Gasteiger partial charge in [0.05, 0.1) is 44.4 Å². The summed E-state index contributed by atoms with van der Waals surface area (Å²) in [6, 6.07) is 4.33. The summed E-state index contributed by atoms with van der Waals surface area (Å²) in [6.07, 6.45) is -43.5. The molecule has 13 rings (SSSR count). The van der Waals surface area contributed by atoms with Gasteiger partial charge in [-0.15, -0.1) is 0 Å². The number of benzene rings is 1. The topological polar surface area (TPSA) is 755 Å². The Balaban J connectivity index is 0.617. The average molecular weight is 2070 g/mol. The maximum absolute atomic E-state index is 13.7. The van der Waals surface area contributed by atoms with Gasteiger partial charge in [-0.2, -0.15) is 4.98 Å². The number of fused-ring (bicyclic) bond motifs is 6. The molecule has 4 aliphatic carbocycles. The zero-order valence-electron chi connectivity index (χ0n) is 82.2. The number of carboxylic acid groups (broad SMARTS) is 1. The van der Waals surface area contributed by atoms with Crippen LogP contribution in [0.15, 0.2) is 46.9 Å². The number of ether oxygens (including phenoxy) is 15. The summed E-state index contributed by atoms with van der Waals surface area (Å²) in [5, 5.41) is 206. The summed E-state index contributed by atoms with van der Waals surface area (Å²) >= 11 is 0. The summed E-state index contributed by atoms with van der Waals surface area (Å²) in [7, 11) is 1.15. The van der Waals surface area contributed by atoms with Crippen molar-refractivity contribution >= 4 is 58.9 Å². The molecule has 8 heterocycles. The fraction of sp³-hybridized carbons (Fsp3) is 0.789. The minimum absolute atomic E-state index is 0.0318. The van der Waals surface area contributed by atoms with Crippen LogP contribution in [0.1, 0.15) is 173 Å². The van der Waals surface area contributed by atoms with Crippen molar-refractivity contribution in [3.63, 3.8) is 0 Å². The van der Waals surface area contributed by atoms with E-state index in [2.05, 4.69) is 92.5 Å². The number of carbonyl (C=O) groups excluding carboxylic acids is 5. The molecule has 3 saturated carbocycles. The van der Waals surface area contributed by atoms with Gasteiger partial charge in [-0.05, 0) is 141 Å². The maximum atomic E-state index is 13.7. The number of nitrogens with two attached hydrogens (primary N) is 1. The van der Waals surface area contributed by atoms with Crippen molar-refractivity contribution < 1.29 is 187 Å². The van der Waals surface area contributed by atoms with Gasteiger partial charge >= 0.3 is 24.2 Å². The van der Waals surface area contributed by atoms with Crippen molar-refractivity contribution in [1.82, 2.24) is 46.5 Å². The van der Waals surface area contributed by atoms with Crippen LogP contribution in [0.3, 0.4) is 0 Å². The number of amides is 5. The van der Waals surface area contributed by atoms with Crippen molar-refractivity contribution in [3.8, 4) is 0 Å². The summed E-state index contributed by atoms with van der Waals surface area (Å²) in [5.41, 5.74) is 7.84. The van der Waals surface area contributed by atoms with Gasteiger partial charge in [0.2, 0.25) is 11.9 Å². The number of aromatic amines is 1. The number of hydrogen-bond acceptors (Lipinski definition) is 43. The van der Waals surface area contributed by atoms with Crippen LogP contribution in [0.4, 0.5) is 26.0 Å². The third-order valence-corrected chi connectivity index (χ3v) is 30.5. The predicted octanol–water partition coefficient (Wildman–Crippen LogP) is -2.86. The van der Waals surface area contributed by atoms with Gasteiger partial charge in [0, 0.05) is 57.4 Å². The highest BCUT2D eigenvalue weighted by Gasteiger charge is 2.62. The van der Waals surface area contributed by atoms with Crippen LogP contribution in [-0.4, -0.2) is 406 Å². The van der Waals surface area contributed by atoms with E-state index in [0.717, 1.165) is 50.0 Å². The van der Waals surface area contributed by atoms with E-state index in [1.165, 1.54) is 81.0 Å². The van der Waals surface area contributed by atoms with Crippen LogP contribution in [-0.2, 0) is 87.2 Å². The van der Waals surface area contributed by atoms with Gasteiger partial charge in [0.25, 0.3) is 11.5 Å². The second kappa shape index (κ2) is 51.6. The third-order valence-electron chi connectivity index (χ3n) is 30.5. The van der Waals surface area contributed by atoms with Crippen LogP contribution in [0.25, 0.3) is 11.2 Å². The monoisotopic (exact) mass is 2070 g/mol. The molecule has 2 aromatic heterocycles. The molecule has 0 spiro atoms. The molecule has 26 N–H and O–H groups in total. The molecule has 10 aliphatic rings. The number of aromatic nitrogens is 4. The molecule has 6 saturated heterocycles. The van der Waals surface area contributed by atoms with E-state index in [4.69, 9.17) is 76.8 Å². The van der Waals surface area contributed by atoms with Gasteiger partial charge in [-0.3, -0.25) is 19.4 Å². The zero-order chi connectivity index (χ0) is 105. The van der Waals surface area contributed by atoms with Crippen LogP contribution in [0.2, 0.25) is 0 Å². The fourth-order valence-corrected chi connectivity index (χ4v) is 22.3. The highest BCUT2D eigenvalue weighted by atomic mass is 16.8. The Morgan fingerprint density at radius 3 is 1.63 bits per heavy atom. The van der Waals surface area contributed by atoms with E-state index in [9.17, 15) is 120 Å². The third kappa shape index (κ3) is 27.4. The standard InChI is InChI=1S/C95H147N11O39/c1-8-54-62(110)64(112)70(118)86(136-54)144-79-59(41-134-92(129)100-33-32-97-60(109)25-24-53(83(126)127)104-81(124)44-16-19-46(20-17-44)101-35-47-36-102-80-61(103-47)82(125)106-90(96)105-80)141-89(75(123)69(79)117)145-78-58(140-85(73(121)67(78)115)132-39-57-63(111)65(113)71(119)87(139-57)142-77-56(38-108)138-88(74(122)68(77)116)143-76-55(37-107)137-84(131-7)72(120)66(76)114)40-133-91(128)98-30-11-9-10-12-31-99-93(130)135-48-26-28-94(5)45(34-48)18-21-49-51-23-22-50(43(4)15-13-14-42(2)3)95(51,6)29-27-52(49)94/h16-20,36,42-43,48-59,62-79,84-89,101,107-108,110-123H,8-15,21-35,37-41H2,1-7H3,(H,97,109)(H,98,128)(H,99,130)(H,100,129)(H,104,124)(H,126,127)(H3,96,102,105,106,125)/t43?,48?,49?,50?,51?,52?,53-,54?,55?,56?,57?,58?,59?,62?,63?,64?,65?,66?,67?,68?,69?,70?,71?,72?,73?,74?,75?,76?,77?,78?,79?,84?,85?,86?,87?,88?,89?,94?,95?/m0/s1. The van der Waals surface area contributed by atoms with E-state index >= 15 is 0 Å². The normalized spacial score (nSPS) is 37.7. The summed E-state index contributed by atoms with van der Waals surface area (Å²) in [5.74, 6) is 1.13. The fourth-order valence-electron chi connectivity index (χ4n) is 22.3. The van der Waals surface area contributed by atoms with Gasteiger partial charge < -0.3 is 195 Å². The van der Waals surface area contributed by atoms with E-state index in [-0.39, 0.29) is 66.8 Å². The lowest BCUT2D eigenvalue weighted by molar-refractivity contribution is -0.385.